The molecule has 2 aromatic heterocycles. The molecule has 3 rings (SSSR count). The van der Waals surface area contributed by atoms with Gasteiger partial charge in [-0.2, -0.15) is 0 Å². The fourth-order valence-corrected chi connectivity index (χ4v) is 2.60. The molecule has 0 radical (unpaired) electrons. The first-order valence-corrected chi connectivity index (χ1v) is 7.70. The third-order valence-corrected chi connectivity index (χ3v) is 3.78. The van der Waals surface area contributed by atoms with Crippen molar-refractivity contribution < 1.29 is 0 Å². The predicted molar refractivity (Wildman–Crippen MR) is 86.3 cm³/mol. The number of nitrogens with zero attached hydrogens (tertiary/aromatic N) is 3. The van der Waals surface area contributed by atoms with Crippen LogP contribution in [0.5, 0.6) is 0 Å². The average Bonchev–Trinajstić information content (AvgIpc) is 2.91. The second kappa shape index (κ2) is 6.53. The lowest BCUT2D eigenvalue weighted by Gasteiger charge is -2.04. The number of fused-ring (bicyclic) bond motifs is 1. The number of hydrogen-bond acceptors (Lipinski definition) is 2. The lowest BCUT2D eigenvalue weighted by Crippen LogP contribution is -1.99. The molecule has 0 spiro atoms. The van der Waals surface area contributed by atoms with E-state index in [1.54, 1.807) is 0 Å². The maximum atomic E-state index is 4.62. The van der Waals surface area contributed by atoms with Gasteiger partial charge >= 0.3 is 0 Å². The topological polar surface area (TPSA) is 30.7 Å². The molecule has 0 aliphatic rings. The highest BCUT2D eigenvalue weighted by Gasteiger charge is 2.06. The van der Waals surface area contributed by atoms with E-state index in [4.69, 9.17) is 0 Å². The summed E-state index contributed by atoms with van der Waals surface area (Å²) in [5, 5.41) is 0. The Kier molecular flexibility index (Phi) is 4.29. The number of imidazole rings is 1. The molecule has 0 aliphatic carbocycles. The smallest absolute Gasteiger partial charge is 0.160 e. The number of pyridine rings is 1. The van der Waals surface area contributed by atoms with E-state index in [9.17, 15) is 0 Å². The predicted octanol–water partition coefficient (Wildman–Crippen LogP) is 4.21. The normalized spacial score (nSPS) is 11.1. The number of unbranched alkanes of at least 4 members (excludes halogenated alkanes) is 2. The van der Waals surface area contributed by atoms with Crippen LogP contribution < -0.4 is 0 Å². The second-order valence-electron chi connectivity index (χ2n) is 5.50. The van der Waals surface area contributed by atoms with Gasteiger partial charge in [0.05, 0.1) is 12.9 Å². The Hall–Kier alpha value is -2.16. The third-order valence-electron chi connectivity index (χ3n) is 3.78. The van der Waals surface area contributed by atoms with Crippen LogP contribution in [-0.2, 0) is 13.0 Å². The number of hydrogen-bond donors (Lipinski definition) is 0. The van der Waals surface area contributed by atoms with Crippen LogP contribution in [0.15, 0.2) is 48.9 Å². The summed E-state index contributed by atoms with van der Waals surface area (Å²) in [6.07, 6.45) is 8.75. The molecule has 0 atom stereocenters. The van der Waals surface area contributed by atoms with Crippen LogP contribution >= 0.6 is 0 Å². The molecule has 3 heteroatoms. The summed E-state index contributed by atoms with van der Waals surface area (Å²) in [4.78, 5) is 9.12. The molecule has 1 aromatic carbocycles. The largest absolute Gasteiger partial charge is 0.311 e. The molecule has 3 aromatic rings. The lowest BCUT2D eigenvalue weighted by atomic mass is 10.1. The van der Waals surface area contributed by atoms with E-state index in [-0.39, 0.29) is 0 Å². The molecular formula is C18H21N3. The van der Waals surface area contributed by atoms with Crippen LogP contribution in [0.2, 0.25) is 0 Å². The second-order valence-corrected chi connectivity index (χ2v) is 5.50. The first-order chi connectivity index (χ1) is 10.4. The van der Waals surface area contributed by atoms with E-state index >= 15 is 0 Å². The van der Waals surface area contributed by atoms with E-state index < -0.39 is 0 Å². The molecule has 0 bridgehead atoms. The molecule has 0 saturated carbocycles. The van der Waals surface area contributed by atoms with Crippen molar-refractivity contribution in [3.05, 3.63) is 60.0 Å². The van der Waals surface area contributed by atoms with Crippen molar-refractivity contribution in [2.45, 2.75) is 39.2 Å². The molecule has 0 fully saturated rings. The van der Waals surface area contributed by atoms with Crippen molar-refractivity contribution in [3.63, 3.8) is 0 Å². The van der Waals surface area contributed by atoms with Gasteiger partial charge in [-0.25, -0.2) is 9.97 Å². The minimum Gasteiger partial charge on any atom is -0.311 e. The Morgan fingerprint density at radius 2 is 1.86 bits per heavy atom. The van der Waals surface area contributed by atoms with E-state index in [1.165, 1.54) is 30.4 Å². The van der Waals surface area contributed by atoms with Crippen molar-refractivity contribution in [2.75, 3.05) is 0 Å². The van der Waals surface area contributed by atoms with Gasteiger partial charge in [-0.05, 0) is 30.0 Å². The molecule has 0 aliphatic heterocycles. The lowest BCUT2D eigenvalue weighted by molar-refractivity contribution is 0.716. The molecule has 108 valence electrons. The summed E-state index contributed by atoms with van der Waals surface area (Å²) in [6.45, 7) is 3.05. The number of benzene rings is 1. The summed E-state index contributed by atoms with van der Waals surface area (Å²) < 4.78 is 2.11. The van der Waals surface area contributed by atoms with Gasteiger partial charge in [0.2, 0.25) is 0 Å². The minimum absolute atomic E-state index is 0.819. The highest BCUT2D eigenvalue weighted by molar-refractivity contribution is 5.71. The van der Waals surface area contributed by atoms with Crippen molar-refractivity contribution >= 4 is 11.2 Å². The van der Waals surface area contributed by atoms with Gasteiger partial charge in [0.15, 0.2) is 5.65 Å². The number of aromatic nitrogens is 3. The molecule has 0 saturated heterocycles. The van der Waals surface area contributed by atoms with Crippen LogP contribution in [0.25, 0.3) is 11.2 Å². The molecule has 0 unspecified atom stereocenters. The first-order valence-electron chi connectivity index (χ1n) is 7.70. The van der Waals surface area contributed by atoms with Crippen molar-refractivity contribution in [3.8, 4) is 0 Å². The maximum absolute atomic E-state index is 4.62. The fourth-order valence-electron chi connectivity index (χ4n) is 2.60. The monoisotopic (exact) mass is 279 g/mol. The van der Waals surface area contributed by atoms with Gasteiger partial charge < -0.3 is 4.57 Å². The molecule has 0 amide bonds. The van der Waals surface area contributed by atoms with Crippen LogP contribution in [0.4, 0.5) is 0 Å². The zero-order valence-corrected chi connectivity index (χ0v) is 12.5. The summed E-state index contributed by atoms with van der Waals surface area (Å²) in [5.74, 6) is 0. The molecule has 3 nitrogen and oxygen atoms in total. The molecule has 0 N–H and O–H groups in total. The molecular weight excluding hydrogens is 258 g/mol. The Labute approximate surface area is 125 Å². The number of aryl methyl sites for hydroxylation is 1. The van der Waals surface area contributed by atoms with Crippen molar-refractivity contribution in [1.82, 2.24) is 14.5 Å². The van der Waals surface area contributed by atoms with E-state index in [0.717, 1.165) is 24.1 Å². The Morgan fingerprint density at radius 1 is 1.00 bits per heavy atom. The Balaban J connectivity index is 1.79. The van der Waals surface area contributed by atoms with E-state index in [1.807, 2.05) is 18.6 Å². The van der Waals surface area contributed by atoms with Crippen LogP contribution in [0.1, 0.15) is 37.3 Å². The molecule has 21 heavy (non-hydrogen) atoms. The minimum atomic E-state index is 0.819. The summed E-state index contributed by atoms with van der Waals surface area (Å²) >= 11 is 0. The van der Waals surface area contributed by atoms with E-state index in [2.05, 4.69) is 51.8 Å². The third kappa shape index (κ3) is 3.30. The Bertz CT molecular complexity index is 701. The summed E-state index contributed by atoms with van der Waals surface area (Å²) in [5.41, 5.74) is 4.53. The number of rotatable bonds is 6. The van der Waals surface area contributed by atoms with Gasteiger partial charge in [-0.15, -0.1) is 0 Å². The van der Waals surface area contributed by atoms with E-state index in [0.29, 0.717) is 0 Å². The molecule has 2 heterocycles. The quantitative estimate of drug-likeness (QED) is 0.633. The van der Waals surface area contributed by atoms with Crippen molar-refractivity contribution in [2.24, 2.45) is 0 Å². The van der Waals surface area contributed by atoms with Gasteiger partial charge in [0.1, 0.15) is 5.52 Å². The SMILES string of the molecule is CCCCCc1cnc2c(c1)ncn2Cc1ccccc1. The standard InChI is InChI=1S/C18H21N3/c1-2-3-5-10-16-11-17-18(19-12-16)21(14-20-17)13-15-8-6-4-7-9-15/h4,6-9,11-12,14H,2-3,5,10,13H2,1H3. The zero-order chi connectivity index (χ0) is 14.5. The summed E-state index contributed by atoms with van der Waals surface area (Å²) in [7, 11) is 0. The van der Waals surface area contributed by atoms with Gasteiger partial charge in [-0.3, -0.25) is 0 Å². The fraction of sp³-hybridized carbons (Fsp3) is 0.333. The van der Waals surface area contributed by atoms with Gasteiger partial charge in [-0.1, -0.05) is 50.1 Å². The van der Waals surface area contributed by atoms with Crippen LogP contribution in [-0.4, -0.2) is 14.5 Å². The van der Waals surface area contributed by atoms with Gasteiger partial charge in [0, 0.05) is 6.20 Å². The van der Waals surface area contributed by atoms with Gasteiger partial charge in [0.25, 0.3) is 0 Å². The first kappa shape index (κ1) is 13.8. The summed E-state index contributed by atoms with van der Waals surface area (Å²) in [6, 6.07) is 12.6. The zero-order valence-electron chi connectivity index (χ0n) is 12.5. The highest BCUT2D eigenvalue weighted by atomic mass is 15.1. The Morgan fingerprint density at radius 3 is 2.67 bits per heavy atom. The maximum Gasteiger partial charge on any atom is 0.160 e. The van der Waals surface area contributed by atoms with Crippen LogP contribution in [0.3, 0.4) is 0 Å². The van der Waals surface area contributed by atoms with Crippen LogP contribution in [0, 0.1) is 0 Å². The van der Waals surface area contributed by atoms with Crippen molar-refractivity contribution in [1.29, 1.82) is 0 Å². The average molecular weight is 279 g/mol. The highest BCUT2D eigenvalue weighted by Crippen LogP contribution is 2.15.